The van der Waals surface area contributed by atoms with Gasteiger partial charge in [0, 0.05) is 37.1 Å². The Kier molecular flexibility index (Phi) is 5.17. The van der Waals surface area contributed by atoms with E-state index in [9.17, 15) is 19.7 Å². The molecule has 0 saturated carbocycles. The average Bonchev–Trinajstić information content (AvgIpc) is 3.54. The Morgan fingerprint density at radius 1 is 1.03 bits per heavy atom. The molecule has 1 saturated heterocycles. The molecule has 168 valence electrons. The second kappa shape index (κ2) is 8.30. The number of benzene rings is 1. The number of amides is 1. The number of nitro groups is 1. The third-order valence-electron chi connectivity index (χ3n) is 5.84. The number of pyridine rings is 1. The molecule has 4 heterocycles. The molecule has 3 aromatic heterocycles. The minimum atomic E-state index is -0.677. The van der Waals surface area contributed by atoms with Crippen LogP contribution in [0.1, 0.15) is 16.1 Å². The molecule has 1 aliphatic rings. The van der Waals surface area contributed by atoms with Gasteiger partial charge >= 0.3 is 11.2 Å². The van der Waals surface area contributed by atoms with E-state index < -0.39 is 16.2 Å². The van der Waals surface area contributed by atoms with Crippen molar-refractivity contribution < 1.29 is 18.6 Å². The van der Waals surface area contributed by atoms with Crippen molar-refractivity contribution in [1.29, 1.82) is 0 Å². The summed E-state index contributed by atoms with van der Waals surface area (Å²) in [5.74, 6) is 0.0243. The fraction of sp³-hybridized carbons (Fsp3) is 0.217. The van der Waals surface area contributed by atoms with Gasteiger partial charge in [-0.1, -0.05) is 18.2 Å². The minimum absolute atomic E-state index is 0.155. The summed E-state index contributed by atoms with van der Waals surface area (Å²) in [7, 11) is 0. The first-order chi connectivity index (χ1) is 16.0. The molecule has 5 rings (SSSR count). The number of furan rings is 2. The van der Waals surface area contributed by atoms with Gasteiger partial charge in [0.25, 0.3) is 5.91 Å². The zero-order chi connectivity index (χ0) is 22.9. The number of fused-ring (bicyclic) bond motifs is 1. The molecule has 10 nitrogen and oxygen atoms in total. The largest absolute Gasteiger partial charge is 0.472 e. The molecule has 1 fully saturated rings. The SMILES string of the molecule is O=C(c1ccco1)N1CCN(c2c([N+](=O)[O-])c(=O)n(Cc3ccoc3)c3ccccc23)CC1. The van der Waals surface area contributed by atoms with Crippen LogP contribution < -0.4 is 10.5 Å². The molecular weight excluding hydrogens is 428 g/mol. The maximum Gasteiger partial charge on any atom is 0.357 e. The van der Waals surface area contributed by atoms with Gasteiger partial charge in [-0.25, -0.2) is 0 Å². The van der Waals surface area contributed by atoms with Gasteiger partial charge in [0.05, 0.1) is 35.8 Å². The van der Waals surface area contributed by atoms with Crippen LogP contribution in [0.15, 0.2) is 74.9 Å². The fourth-order valence-corrected chi connectivity index (χ4v) is 4.27. The molecule has 1 aromatic carbocycles. The molecule has 0 bridgehead atoms. The summed E-state index contributed by atoms with van der Waals surface area (Å²) >= 11 is 0. The standard InChI is InChI=1S/C23H20N4O6/c28-22(19-6-3-12-33-19)25-10-8-24(9-11-25)20-17-4-1-2-5-18(17)26(14-16-7-13-32-15-16)23(29)21(20)27(30)31/h1-7,12-13,15H,8-11,14H2. The van der Waals surface area contributed by atoms with Crippen molar-refractivity contribution in [2.75, 3.05) is 31.1 Å². The quantitative estimate of drug-likeness (QED) is 0.340. The summed E-state index contributed by atoms with van der Waals surface area (Å²) in [6.07, 6.45) is 4.45. The van der Waals surface area contributed by atoms with Crippen molar-refractivity contribution >= 4 is 28.2 Å². The third-order valence-corrected chi connectivity index (χ3v) is 5.84. The van der Waals surface area contributed by atoms with Crippen LogP contribution in [0.2, 0.25) is 0 Å². The highest BCUT2D eigenvalue weighted by molar-refractivity contribution is 5.97. The summed E-state index contributed by atoms with van der Waals surface area (Å²) < 4.78 is 11.7. The fourth-order valence-electron chi connectivity index (χ4n) is 4.27. The first-order valence-electron chi connectivity index (χ1n) is 10.4. The number of rotatable bonds is 5. The van der Waals surface area contributed by atoms with E-state index in [0.29, 0.717) is 37.1 Å². The van der Waals surface area contributed by atoms with E-state index in [0.717, 1.165) is 5.56 Å². The lowest BCUT2D eigenvalue weighted by Crippen LogP contribution is -2.49. The highest BCUT2D eigenvalue weighted by Crippen LogP contribution is 2.34. The molecule has 0 aliphatic carbocycles. The van der Waals surface area contributed by atoms with Crippen molar-refractivity contribution in [3.05, 3.63) is 93.0 Å². The first-order valence-corrected chi connectivity index (χ1v) is 10.4. The monoisotopic (exact) mass is 448 g/mol. The van der Waals surface area contributed by atoms with Crippen LogP contribution in [0.5, 0.6) is 0 Å². The number of aromatic nitrogens is 1. The van der Waals surface area contributed by atoms with Gasteiger partial charge in [0.2, 0.25) is 0 Å². The summed E-state index contributed by atoms with van der Waals surface area (Å²) in [5.41, 5.74) is 0.467. The zero-order valence-electron chi connectivity index (χ0n) is 17.5. The second-order valence-corrected chi connectivity index (χ2v) is 7.75. The summed E-state index contributed by atoms with van der Waals surface area (Å²) in [6.45, 7) is 1.56. The van der Waals surface area contributed by atoms with E-state index in [-0.39, 0.29) is 23.9 Å². The molecule has 1 amide bonds. The van der Waals surface area contributed by atoms with Crippen LogP contribution in [-0.4, -0.2) is 46.5 Å². The Hall–Kier alpha value is -4.34. The summed E-state index contributed by atoms with van der Waals surface area (Å²) in [6, 6.07) is 12.1. The molecule has 0 spiro atoms. The van der Waals surface area contributed by atoms with Crippen molar-refractivity contribution in [2.45, 2.75) is 6.54 Å². The van der Waals surface area contributed by atoms with Crippen LogP contribution in [0.3, 0.4) is 0 Å². The van der Waals surface area contributed by atoms with Crippen molar-refractivity contribution in [3.8, 4) is 0 Å². The lowest BCUT2D eigenvalue weighted by atomic mass is 10.1. The highest BCUT2D eigenvalue weighted by Gasteiger charge is 2.32. The molecule has 0 atom stereocenters. The van der Waals surface area contributed by atoms with Gasteiger partial charge < -0.3 is 18.6 Å². The summed E-state index contributed by atoms with van der Waals surface area (Å²) in [5, 5.41) is 12.7. The van der Waals surface area contributed by atoms with E-state index in [2.05, 4.69) is 0 Å². The van der Waals surface area contributed by atoms with Crippen LogP contribution in [0, 0.1) is 10.1 Å². The van der Waals surface area contributed by atoms with Crippen molar-refractivity contribution in [1.82, 2.24) is 9.47 Å². The van der Waals surface area contributed by atoms with Crippen molar-refractivity contribution in [2.24, 2.45) is 0 Å². The van der Waals surface area contributed by atoms with Crippen LogP contribution in [0.4, 0.5) is 11.4 Å². The first kappa shape index (κ1) is 20.6. The average molecular weight is 448 g/mol. The van der Waals surface area contributed by atoms with E-state index in [1.807, 2.05) is 4.90 Å². The number of piperazine rings is 1. The lowest BCUT2D eigenvalue weighted by Gasteiger charge is -2.36. The highest BCUT2D eigenvalue weighted by atomic mass is 16.6. The normalized spacial score (nSPS) is 14.1. The van der Waals surface area contributed by atoms with E-state index in [4.69, 9.17) is 8.83 Å². The van der Waals surface area contributed by atoms with Crippen LogP contribution in [0.25, 0.3) is 10.9 Å². The smallest absolute Gasteiger partial charge is 0.357 e. The molecule has 10 heteroatoms. The Morgan fingerprint density at radius 2 is 1.82 bits per heavy atom. The number of hydrogen-bond donors (Lipinski definition) is 0. The van der Waals surface area contributed by atoms with E-state index in [1.54, 1.807) is 47.4 Å². The van der Waals surface area contributed by atoms with Crippen LogP contribution in [-0.2, 0) is 6.54 Å². The van der Waals surface area contributed by atoms with Crippen molar-refractivity contribution in [3.63, 3.8) is 0 Å². The van der Waals surface area contributed by atoms with Gasteiger partial charge in [-0.05, 0) is 24.3 Å². The minimum Gasteiger partial charge on any atom is -0.472 e. The predicted molar refractivity (Wildman–Crippen MR) is 119 cm³/mol. The Labute approximate surface area is 187 Å². The van der Waals surface area contributed by atoms with E-state index >= 15 is 0 Å². The second-order valence-electron chi connectivity index (χ2n) is 7.75. The predicted octanol–water partition coefficient (Wildman–Crippen LogP) is 3.11. The molecule has 33 heavy (non-hydrogen) atoms. The Balaban J connectivity index is 1.55. The molecular formula is C23H20N4O6. The number of para-hydroxylation sites is 1. The van der Waals surface area contributed by atoms with Gasteiger partial charge in [-0.3, -0.25) is 24.3 Å². The molecule has 0 radical (unpaired) electrons. The van der Waals surface area contributed by atoms with Gasteiger partial charge in [-0.15, -0.1) is 0 Å². The maximum absolute atomic E-state index is 13.3. The topological polar surface area (TPSA) is 115 Å². The van der Waals surface area contributed by atoms with Gasteiger partial charge in [-0.2, -0.15) is 0 Å². The number of anilines is 1. The number of carbonyl (C=O) groups is 1. The Morgan fingerprint density at radius 3 is 2.48 bits per heavy atom. The Bertz CT molecular complexity index is 1370. The molecule has 1 aliphatic heterocycles. The third kappa shape index (κ3) is 3.65. The van der Waals surface area contributed by atoms with Gasteiger partial charge in [0.15, 0.2) is 5.76 Å². The summed E-state index contributed by atoms with van der Waals surface area (Å²) in [4.78, 5) is 40.8. The molecule has 0 N–H and O–H groups in total. The number of carbonyl (C=O) groups excluding carboxylic acids is 1. The molecule has 0 unspecified atom stereocenters. The molecule has 4 aromatic rings. The van der Waals surface area contributed by atoms with Gasteiger partial charge in [0.1, 0.15) is 5.69 Å². The zero-order valence-corrected chi connectivity index (χ0v) is 17.5. The van der Waals surface area contributed by atoms with Crippen LogP contribution >= 0.6 is 0 Å². The number of hydrogen-bond acceptors (Lipinski definition) is 7. The maximum atomic E-state index is 13.3. The number of nitrogens with zero attached hydrogens (tertiary/aromatic N) is 4. The van der Waals surface area contributed by atoms with E-state index in [1.165, 1.54) is 23.4 Å². The lowest BCUT2D eigenvalue weighted by molar-refractivity contribution is -0.385.